The number of nitrogens with two attached hydrogens (primary N) is 1. The Hall–Kier alpha value is -1.36. The van der Waals surface area contributed by atoms with Gasteiger partial charge in [-0.05, 0) is 42.7 Å². The first kappa shape index (κ1) is 15.0. The molecule has 0 saturated carbocycles. The van der Waals surface area contributed by atoms with Crippen LogP contribution in [0.4, 0.5) is 4.39 Å². The molecule has 2 aromatic carbocycles. The molecule has 1 atom stereocenters. The summed E-state index contributed by atoms with van der Waals surface area (Å²) in [6, 6.07) is 17.2. The van der Waals surface area contributed by atoms with E-state index in [2.05, 4.69) is 17.6 Å². The summed E-state index contributed by atoms with van der Waals surface area (Å²) in [6.45, 7) is 0. The van der Waals surface area contributed by atoms with E-state index in [1.807, 2.05) is 18.2 Å². The Kier molecular flexibility index (Phi) is 6.05. The van der Waals surface area contributed by atoms with Gasteiger partial charge in [-0.1, -0.05) is 30.3 Å². The Morgan fingerprint density at radius 1 is 1.05 bits per heavy atom. The monoisotopic (exact) mass is 290 g/mol. The van der Waals surface area contributed by atoms with Crippen LogP contribution in [0.2, 0.25) is 0 Å². The molecule has 106 valence electrons. The van der Waals surface area contributed by atoms with Crippen LogP contribution in [0.1, 0.15) is 12.0 Å². The zero-order chi connectivity index (χ0) is 14.2. The first-order valence-electron chi connectivity index (χ1n) is 6.66. The highest BCUT2D eigenvalue weighted by Crippen LogP contribution is 2.20. The minimum Gasteiger partial charge on any atom is -0.271 e. The zero-order valence-electron chi connectivity index (χ0n) is 11.3. The highest BCUT2D eigenvalue weighted by atomic mass is 32.2. The summed E-state index contributed by atoms with van der Waals surface area (Å²) in [5, 5.41) is 0. The van der Waals surface area contributed by atoms with Gasteiger partial charge in [-0.25, -0.2) is 4.39 Å². The van der Waals surface area contributed by atoms with Crippen LogP contribution >= 0.6 is 11.8 Å². The van der Waals surface area contributed by atoms with E-state index in [1.165, 1.54) is 17.7 Å². The van der Waals surface area contributed by atoms with Crippen LogP contribution in [-0.4, -0.2) is 11.8 Å². The van der Waals surface area contributed by atoms with Gasteiger partial charge in [0.1, 0.15) is 5.82 Å². The van der Waals surface area contributed by atoms with Crippen molar-refractivity contribution in [3.8, 4) is 0 Å². The van der Waals surface area contributed by atoms with Gasteiger partial charge in [-0.15, -0.1) is 11.8 Å². The minimum atomic E-state index is -0.202. The number of thioether (sulfide) groups is 1. The predicted molar refractivity (Wildman–Crippen MR) is 83.0 cm³/mol. The molecule has 0 saturated heterocycles. The van der Waals surface area contributed by atoms with Crippen LogP contribution in [0.3, 0.4) is 0 Å². The van der Waals surface area contributed by atoms with E-state index in [1.54, 1.807) is 23.9 Å². The fraction of sp³-hybridized carbons (Fsp3) is 0.250. The number of aryl methyl sites for hydroxylation is 1. The van der Waals surface area contributed by atoms with Crippen molar-refractivity contribution in [3.05, 3.63) is 66.0 Å². The third kappa shape index (κ3) is 4.96. The van der Waals surface area contributed by atoms with Gasteiger partial charge in [0.15, 0.2) is 0 Å². The average molecular weight is 290 g/mol. The van der Waals surface area contributed by atoms with Crippen molar-refractivity contribution in [3.63, 3.8) is 0 Å². The topological polar surface area (TPSA) is 38.0 Å². The van der Waals surface area contributed by atoms with E-state index in [0.717, 1.165) is 23.5 Å². The quantitative estimate of drug-likeness (QED) is 0.466. The number of halogens is 1. The Balaban J connectivity index is 1.79. The molecule has 4 heteroatoms. The Labute approximate surface area is 123 Å². The van der Waals surface area contributed by atoms with Crippen LogP contribution in [0.25, 0.3) is 0 Å². The lowest BCUT2D eigenvalue weighted by atomic mass is 10.1. The summed E-state index contributed by atoms with van der Waals surface area (Å²) < 4.78 is 12.8. The molecule has 20 heavy (non-hydrogen) atoms. The van der Waals surface area contributed by atoms with E-state index in [-0.39, 0.29) is 11.9 Å². The van der Waals surface area contributed by atoms with Crippen molar-refractivity contribution < 1.29 is 4.39 Å². The maximum atomic E-state index is 12.8. The molecule has 0 aliphatic heterocycles. The van der Waals surface area contributed by atoms with Gasteiger partial charge in [0.05, 0.1) is 0 Å². The summed E-state index contributed by atoms with van der Waals surface area (Å²) >= 11 is 1.69. The van der Waals surface area contributed by atoms with E-state index < -0.39 is 0 Å². The van der Waals surface area contributed by atoms with Gasteiger partial charge < -0.3 is 0 Å². The maximum Gasteiger partial charge on any atom is 0.123 e. The largest absolute Gasteiger partial charge is 0.271 e. The van der Waals surface area contributed by atoms with Gasteiger partial charge in [-0.2, -0.15) is 0 Å². The third-order valence-corrected chi connectivity index (χ3v) is 4.30. The highest BCUT2D eigenvalue weighted by Gasteiger charge is 2.07. The molecule has 0 aliphatic carbocycles. The average Bonchev–Trinajstić information content (AvgIpc) is 2.50. The van der Waals surface area contributed by atoms with Gasteiger partial charge in [-0.3, -0.25) is 11.3 Å². The molecule has 0 spiro atoms. The Bertz CT molecular complexity index is 502. The third-order valence-electron chi connectivity index (χ3n) is 3.12. The molecular weight excluding hydrogens is 271 g/mol. The second-order valence-corrected chi connectivity index (χ2v) is 5.75. The number of hydrazine groups is 1. The van der Waals surface area contributed by atoms with Crippen LogP contribution in [0.5, 0.6) is 0 Å². The molecule has 0 radical (unpaired) electrons. The summed E-state index contributed by atoms with van der Waals surface area (Å²) in [7, 11) is 0. The summed E-state index contributed by atoms with van der Waals surface area (Å²) in [5.41, 5.74) is 4.18. The van der Waals surface area contributed by atoms with Gasteiger partial charge in [0.25, 0.3) is 0 Å². The second kappa shape index (κ2) is 8.04. The standard InChI is InChI=1S/C16H19FN2S/c17-14-7-10-16(11-8-14)20-12-15(19-18)9-6-13-4-2-1-3-5-13/h1-5,7-8,10-11,15,19H,6,9,12,18H2. The molecule has 1 unspecified atom stereocenters. The fourth-order valence-corrected chi connectivity index (χ4v) is 2.91. The maximum absolute atomic E-state index is 12.8. The zero-order valence-corrected chi connectivity index (χ0v) is 12.1. The lowest BCUT2D eigenvalue weighted by Gasteiger charge is -2.15. The minimum absolute atomic E-state index is 0.202. The van der Waals surface area contributed by atoms with Crippen LogP contribution in [-0.2, 0) is 6.42 Å². The molecule has 0 heterocycles. The molecule has 0 amide bonds. The lowest BCUT2D eigenvalue weighted by molar-refractivity contribution is 0.539. The Morgan fingerprint density at radius 2 is 1.75 bits per heavy atom. The second-order valence-electron chi connectivity index (χ2n) is 4.65. The summed E-state index contributed by atoms with van der Waals surface area (Å²) in [5.74, 6) is 6.27. The van der Waals surface area contributed by atoms with Crippen molar-refractivity contribution in [1.29, 1.82) is 0 Å². The highest BCUT2D eigenvalue weighted by molar-refractivity contribution is 7.99. The predicted octanol–water partition coefficient (Wildman–Crippen LogP) is 3.38. The Morgan fingerprint density at radius 3 is 2.40 bits per heavy atom. The number of rotatable bonds is 7. The van der Waals surface area contributed by atoms with Crippen LogP contribution < -0.4 is 11.3 Å². The lowest BCUT2D eigenvalue weighted by Crippen LogP contribution is -2.37. The molecule has 2 aromatic rings. The van der Waals surface area contributed by atoms with Gasteiger partial charge in [0, 0.05) is 16.7 Å². The van der Waals surface area contributed by atoms with Crippen molar-refractivity contribution in [2.24, 2.45) is 5.84 Å². The molecule has 0 aromatic heterocycles. The molecular formula is C16H19FN2S. The number of benzene rings is 2. The van der Waals surface area contributed by atoms with E-state index in [4.69, 9.17) is 5.84 Å². The van der Waals surface area contributed by atoms with E-state index in [9.17, 15) is 4.39 Å². The fourth-order valence-electron chi connectivity index (χ4n) is 1.93. The van der Waals surface area contributed by atoms with Crippen molar-refractivity contribution >= 4 is 11.8 Å². The van der Waals surface area contributed by atoms with Crippen molar-refractivity contribution in [2.45, 2.75) is 23.8 Å². The molecule has 0 bridgehead atoms. The number of hydrogen-bond acceptors (Lipinski definition) is 3. The number of nitrogens with one attached hydrogen (secondary N) is 1. The molecule has 0 fully saturated rings. The van der Waals surface area contributed by atoms with Crippen molar-refractivity contribution in [1.82, 2.24) is 5.43 Å². The molecule has 2 nitrogen and oxygen atoms in total. The molecule has 0 aliphatic rings. The number of hydrogen-bond donors (Lipinski definition) is 2. The smallest absolute Gasteiger partial charge is 0.123 e. The van der Waals surface area contributed by atoms with Crippen molar-refractivity contribution in [2.75, 3.05) is 5.75 Å². The van der Waals surface area contributed by atoms with E-state index >= 15 is 0 Å². The van der Waals surface area contributed by atoms with Gasteiger partial charge in [0.2, 0.25) is 0 Å². The van der Waals surface area contributed by atoms with Crippen LogP contribution in [0.15, 0.2) is 59.5 Å². The van der Waals surface area contributed by atoms with E-state index in [0.29, 0.717) is 0 Å². The first-order chi connectivity index (χ1) is 9.78. The molecule has 2 rings (SSSR count). The SMILES string of the molecule is NNC(CCc1ccccc1)CSc1ccc(F)cc1. The molecule has 3 N–H and O–H groups in total. The van der Waals surface area contributed by atoms with Crippen LogP contribution in [0, 0.1) is 5.82 Å². The first-order valence-corrected chi connectivity index (χ1v) is 7.65. The normalized spacial score (nSPS) is 12.3. The summed E-state index contributed by atoms with van der Waals surface area (Å²) in [6.07, 6.45) is 1.98. The summed E-state index contributed by atoms with van der Waals surface area (Å²) in [4.78, 5) is 1.06. The van der Waals surface area contributed by atoms with Gasteiger partial charge >= 0.3 is 0 Å².